The zero-order chi connectivity index (χ0) is 17.5. The maximum absolute atomic E-state index is 12.8. The predicted molar refractivity (Wildman–Crippen MR) is 88.8 cm³/mol. The van der Waals surface area contributed by atoms with Gasteiger partial charge in [-0.25, -0.2) is 4.39 Å². The number of halogens is 1. The number of carbonyl (C=O) groups is 2. The molecule has 0 aliphatic heterocycles. The first-order valence-corrected chi connectivity index (χ1v) is 7.04. The van der Waals surface area contributed by atoms with E-state index in [4.69, 9.17) is 5.26 Å². The lowest BCUT2D eigenvalue weighted by Crippen LogP contribution is -2.14. The van der Waals surface area contributed by atoms with Crippen LogP contribution < -0.4 is 10.6 Å². The highest BCUT2D eigenvalue weighted by molar-refractivity contribution is 6.07. The Morgan fingerprint density at radius 2 is 1.62 bits per heavy atom. The number of hydrogen-bond donors (Lipinski definition) is 2. The van der Waals surface area contributed by atoms with Gasteiger partial charge in [-0.15, -0.1) is 0 Å². The summed E-state index contributed by atoms with van der Waals surface area (Å²) in [4.78, 5) is 23.3. The van der Waals surface area contributed by atoms with Crippen molar-refractivity contribution in [2.75, 3.05) is 10.6 Å². The molecule has 0 atom stereocenters. The lowest BCUT2D eigenvalue weighted by molar-refractivity contribution is -0.112. The van der Waals surface area contributed by atoms with Crippen LogP contribution in [0.3, 0.4) is 0 Å². The number of rotatable bonds is 5. The molecule has 0 spiro atoms. The smallest absolute Gasteiger partial charge is 0.267 e. The zero-order valence-electron chi connectivity index (χ0n) is 12.8. The molecule has 0 saturated carbocycles. The fourth-order valence-electron chi connectivity index (χ4n) is 1.84. The SMILES string of the molecule is CC(=O)c1ccc(NC(=O)/C(C#N)=C\Nc2ccc(F)cc2)cc1. The molecule has 5 nitrogen and oxygen atoms in total. The molecule has 0 aliphatic carbocycles. The molecule has 2 N–H and O–H groups in total. The number of amides is 1. The number of anilines is 2. The Bertz CT molecular complexity index is 819. The third-order valence-electron chi connectivity index (χ3n) is 3.14. The van der Waals surface area contributed by atoms with E-state index < -0.39 is 5.91 Å². The molecule has 0 saturated heterocycles. The van der Waals surface area contributed by atoms with Crippen molar-refractivity contribution in [2.45, 2.75) is 6.92 Å². The molecule has 0 radical (unpaired) electrons. The van der Waals surface area contributed by atoms with E-state index >= 15 is 0 Å². The summed E-state index contributed by atoms with van der Waals surface area (Å²) in [5.74, 6) is -1.05. The third kappa shape index (κ3) is 4.52. The summed E-state index contributed by atoms with van der Waals surface area (Å²) in [5, 5.41) is 14.4. The summed E-state index contributed by atoms with van der Waals surface area (Å²) >= 11 is 0. The average molecular weight is 323 g/mol. The van der Waals surface area contributed by atoms with Gasteiger partial charge in [-0.05, 0) is 55.5 Å². The fourth-order valence-corrected chi connectivity index (χ4v) is 1.84. The number of benzene rings is 2. The van der Waals surface area contributed by atoms with Crippen molar-refractivity contribution < 1.29 is 14.0 Å². The maximum Gasteiger partial charge on any atom is 0.267 e. The Morgan fingerprint density at radius 3 is 2.17 bits per heavy atom. The Balaban J connectivity index is 2.05. The first-order chi connectivity index (χ1) is 11.5. The van der Waals surface area contributed by atoms with Gasteiger partial charge in [-0.1, -0.05) is 0 Å². The van der Waals surface area contributed by atoms with Crippen molar-refractivity contribution >= 4 is 23.1 Å². The van der Waals surface area contributed by atoms with Crippen LogP contribution in [0, 0.1) is 17.1 Å². The minimum absolute atomic E-state index is 0.0750. The molecular weight excluding hydrogens is 309 g/mol. The Labute approximate surface area is 138 Å². The van der Waals surface area contributed by atoms with Crippen LogP contribution in [0.4, 0.5) is 15.8 Å². The summed E-state index contributed by atoms with van der Waals surface area (Å²) in [6, 6.07) is 13.6. The summed E-state index contributed by atoms with van der Waals surface area (Å²) in [6.07, 6.45) is 1.24. The van der Waals surface area contributed by atoms with Crippen LogP contribution in [0.1, 0.15) is 17.3 Å². The van der Waals surface area contributed by atoms with Crippen molar-refractivity contribution in [3.63, 3.8) is 0 Å². The predicted octanol–water partition coefficient (Wildman–Crippen LogP) is 3.49. The Kier molecular flexibility index (Phi) is 5.42. The number of nitrogens with one attached hydrogen (secondary N) is 2. The van der Waals surface area contributed by atoms with E-state index in [-0.39, 0.29) is 17.2 Å². The van der Waals surface area contributed by atoms with Crippen molar-refractivity contribution in [1.29, 1.82) is 5.26 Å². The van der Waals surface area contributed by atoms with Gasteiger partial charge >= 0.3 is 0 Å². The minimum Gasteiger partial charge on any atom is -0.360 e. The third-order valence-corrected chi connectivity index (χ3v) is 3.14. The van der Waals surface area contributed by atoms with Crippen LogP contribution in [0.15, 0.2) is 60.3 Å². The van der Waals surface area contributed by atoms with E-state index in [9.17, 15) is 14.0 Å². The van der Waals surface area contributed by atoms with Gasteiger partial charge in [-0.2, -0.15) is 5.26 Å². The Morgan fingerprint density at radius 1 is 1.04 bits per heavy atom. The number of nitrogens with zero attached hydrogens (tertiary/aromatic N) is 1. The van der Waals surface area contributed by atoms with E-state index in [0.29, 0.717) is 16.9 Å². The first kappa shape index (κ1) is 16.9. The lowest BCUT2D eigenvalue weighted by Gasteiger charge is -2.06. The lowest BCUT2D eigenvalue weighted by atomic mass is 10.1. The van der Waals surface area contributed by atoms with Crippen LogP contribution in [0.5, 0.6) is 0 Å². The van der Waals surface area contributed by atoms with Crippen LogP contribution >= 0.6 is 0 Å². The number of nitriles is 1. The fraction of sp³-hybridized carbons (Fsp3) is 0.0556. The van der Waals surface area contributed by atoms with Gasteiger partial charge in [0.2, 0.25) is 0 Å². The molecule has 24 heavy (non-hydrogen) atoms. The van der Waals surface area contributed by atoms with Gasteiger partial charge in [0.1, 0.15) is 17.5 Å². The molecule has 0 fully saturated rings. The standard InChI is InChI=1S/C18H14FN3O2/c1-12(23)13-2-6-17(7-3-13)22-18(24)14(10-20)11-21-16-8-4-15(19)5-9-16/h2-9,11,21H,1H3,(H,22,24)/b14-11-. The summed E-state index contributed by atoms with van der Waals surface area (Å²) in [5.41, 5.74) is 1.40. The van der Waals surface area contributed by atoms with Crippen molar-refractivity contribution in [3.8, 4) is 6.07 Å². The topological polar surface area (TPSA) is 82.0 Å². The molecule has 0 aromatic heterocycles. The molecular formula is C18H14FN3O2. The van der Waals surface area contributed by atoms with Gasteiger partial charge < -0.3 is 10.6 Å². The van der Waals surface area contributed by atoms with Crippen molar-refractivity contribution in [2.24, 2.45) is 0 Å². The molecule has 0 unspecified atom stereocenters. The number of Topliss-reactive ketones (excluding diaryl/α,β-unsaturated/α-hetero) is 1. The highest BCUT2D eigenvalue weighted by Gasteiger charge is 2.09. The summed E-state index contributed by atoms with van der Waals surface area (Å²) < 4.78 is 12.8. The van der Waals surface area contributed by atoms with Crippen LogP contribution in [-0.2, 0) is 4.79 Å². The van der Waals surface area contributed by atoms with Crippen molar-refractivity contribution in [1.82, 2.24) is 0 Å². The monoisotopic (exact) mass is 323 g/mol. The minimum atomic E-state index is -0.595. The molecule has 0 heterocycles. The van der Waals surface area contributed by atoms with E-state index in [2.05, 4.69) is 10.6 Å². The summed E-state index contributed by atoms with van der Waals surface area (Å²) in [6.45, 7) is 1.45. The van der Waals surface area contributed by atoms with Gasteiger partial charge in [0.15, 0.2) is 5.78 Å². The zero-order valence-corrected chi connectivity index (χ0v) is 12.8. The number of carbonyl (C=O) groups excluding carboxylic acids is 2. The van der Waals surface area contributed by atoms with Gasteiger partial charge in [-0.3, -0.25) is 9.59 Å². The van der Waals surface area contributed by atoms with Gasteiger partial charge in [0.25, 0.3) is 5.91 Å². The van der Waals surface area contributed by atoms with Crippen LogP contribution in [0.25, 0.3) is 0 Å². The van der Waals surface area contributed by atoms with E-state index in [1.54, 1.807) is 30.3 Å². The van der Waals surface area contributed by atoms with E-state index in [1.165, 1.54) is 37.4 Å². The second kappa shape index (κ2) is 7.70. The second-order valence-corrected chi connectivity index (χ2v) is 4.91. The average Bonchev–Trinajstić information content (AvgIpc) is 2.57. The molecule has 120 valence electrons. The van der Waals surface area contributed by atoms with Gasteiger partial charge in [0.05, 0.1) is 0 Å². The van der Waals surface area contributed by atoms with Gasteiger partial charge in [0, 0.05) is 23.1 Å². The molecule has 2 aromatic rings. The Hall–Kier alpha value is -3.46. The number of ketones is 1. The van der Waals surface area contributed by atoms with Crippen LogP contribution in [-0.4, -0.2) is 11.7 Å². The molecule has 0 aliphatic rings. The number of hydrogen-bond acceptors (Lipinski definition) is 4. The maximum atomic E-state index is 12.8. The van der Waals surface area contributed by atoms with Crippen LogP contribution in [0.2, 0.25) is 0 Å². The molecule has 0 bridgehead atoms. The van der Waals surface area contributed by atoms with Crippen molar-refractivity contribution in [3.05, 3.63) is 71.7 Å². The quantitative estimate of drug-likeness (QED) is 0.501. The van der Waals surface area contributed by atoms with E-state index in [0.717, 1.165) is 0 Å². The molecule has 2 aromatic carbocycles. The molecule has 6 heteroatoms. The molecule has 1 amide bonds. The normalized spacial score (nSPS) is 10.6. The molecule has 2 rings (SSSR count). The second-order valence-electron chi connectivity index (χ2n) is 4.91. The summed E-state index contributed by atoms with van der Waals surface area (Å²) in [7, 11) is 0. The first-order valence-electron chi connectivity index (χ1n) is 7.04. The highest BCUT2D eigenvalue weighted by atomic mass is 19.1. The van der Waals surface area contributed by atoms with E-state index in [1.807, 2.05) is 0 Å². The largest absolute Gasteiger partial charge is 0.360 e. The highest BCUT2D eigenvalue weighted by Crippen LogP contribution is 2.12.